The third kappa shape index (κ3) is 3.09. The number of hydrogen-bond acceptors (Lipinski definition) is 4. The number of pyridine rings is 2. The maximum absolute atomic E-state index is 12.6. The average Bonchev–Trinajstić information content (AvgIpc) is 2.39. The molecule has 0 saturated carbocycles. The van der Waals surface area contributed by atoms with Crippen molar-refractivity contribution in [3.05, 3.63) is 53.7 Å². The number of nitrogens with zero attached hydrogens (tertiary/aromatic N) is 2. The van der Waals surface area contributed by atoms with Gasteiger partial charge in [-0.1, -0.05) is 6.07 Å². The zero-order chi connectivity index (χ0) is 13.8. The van der Waals surface area contributed by atoms with Gasteiger partial charge in [0.25, 0.3) is 5.91 Å². The fraction of sp³-hybridized carbons (Fsp3) is 0. The summed E-state index contributed by atoms with van der Waals surface area (Å²) < 4.78 is 12.6. The fourth-order valence-corrected chi connectivity index (χ4v) is 1.31. The highest BCUT2D eigenvalue weighted by Gasteiger charge is 2.10. The summed E-state index contributed by atoms with van der Waals surface area (Å²) in [6.07, 6.45) is 0.913. The highest BCUT2D eigenvalue weighted by molar-refractivity contribution is 6.02. The number of carbonyl (C=O) groups is 2. The maximum atomic E-state index is 12.6. The predicted molar refractivity (Wildman–Crippen MR) is 63.3 cm³/mol. The number of carboxylic acid groups (broad SMARTS) is 1. The van der Waals surface area contributed by atoms with Crippen LogP contribution in [0.2, 0.25) is 0 Å². The van der Waals surface area contributed by atoms with E-state index in [2.05, 4.69) is 15.3 Å². The molecule has 96 valence electrons. The van der Waals surface area contributed by atoms with Crippen LogP contribution in [0.15, 0.2) is 36.5 Å². The normalized spacial score (nSPS) is 9.95. The lowest BCUT2D eigenvalue weighted by Gasteiger charge is -2.04. The lowest BCUT2D eigenvalue weighted by atomic mass is 10.3. The minimum absolute atomic E-state index is 0.00364. The van der Waals surface area contributed by atoms with Gasteiger partial charge < -0.3 is 10.4 Å². The number of aromatic nitrogens is 2. The molecule has 2 heterocycles. The molecule has 0 aliphatic carbocycles. The van der Waals surface area contributed by atoms with Crippen molar-refractivity contribution in [1.82, 2.24) is 9.97 Å². The number of halogens is 1. The van der Waals surface area contributed by atoms with Crippen LogP contribution in [0.1, 0.15) is 21.0 Å². The van der Waals surface area contributed by atoms with Crippen LogP contribution in [0.4, 0.5) is 10.2 Å². The molecule has 1 amide bonds. The molecule has 0 unspecified atom stereocenters. The van der Waals surface area contributed by atoms with Gasteiger partial charge in [-0.2, -0.15) is 0 Å². The quantitative estimate of drug-likeness (QED) is 0.874. The Morgan fingerprint density at radius 1 is 1.16 bits per heavy atom. The molecule has 0 aliphatic rings. The Labute approximate surface area is 106 Å². The van der Waals surface area contributed by atoms with Crippen LogP contribution in [0.25, 0.3) is 0 Å². The van der Waals surface area contributed by atoms with Gasteiger partial charge >= 0.3 is 5.97 Å². The summed E-state index contributed by atoms with van der Waals surface area (Å²) in [5.74, 6) is -2.27. The Bertz CT molecular complexity index is 628. The topological polar surface area (TPSA) is 92.2 Å². The monoisotopic (exact) mass is 261 g/mol. The highest BCUT2D eigenvalue weighted by atomic mass is 19.1. The molecule has 19 heavy (non-hydrogen) atoms. The van der Waals surface area contributed by atoms with E-state index in [1.165, 1.54) is 24.3 Å². The molecule has 0 aliphatic heterocycles. The minimum Gasteiger partial charge on any atom is -0.477 e. The van der Waals surface area contributed by atoms with Gasteiger partial charge in [0.2, 0.25) is 0 Å². The van der Waals surface area contributed by atoms with Crippen LogP contribution in [-0.4, -0.2) is 27.0 Å². The lowest BCUT2D eigenvalue weighted by molar-refractivity contribution is 0.0690. The van der Waals surface area contributed by atoms with Crippen LogP contribution in [0.5, 0.6) is 0 Å². The van der Waals surface area contributed by atoms with Gasteiger partial charge in [0.1, 0.15) is 17.3 Å². The molecule has 0 atom stereocenters. The highest BCUT2D eigenvalue weighted by Crippen LogP contribution is 2.07. The molecule has 0 saturated heterocycles. The second-order valence-electron chi connectivity index (χ2n) is 3.53. The molecule has 2 aromatic rings. The first-order valence-electron chi connectivity index (χ1n) is 5.19. The van der Waals surface area contributed by atoms with E-state index in [0.717, 1.165) is 12.3 Å². The summed E-state index contributed by atoms with van der Waals surface area (Å²) in [4.78, 5) is 29.8. The van der Waals surface area contributed by atoms with Crippen LogP contribution in [0.3, 0.4) is 0 Å². The number of anilines is 1. The number of aromatic carboxylic acids is 1. The number of hydrogen-bond donors (Lipinski definition) is 2. The SMILES string of the molecule is O=C(O)c1cccc(NC(=O)c2ccc(F)cn2)n1. The second-order valence-corrected chi connectivity index (χ2v) is 3.53. The van der Waals surface area contributed by atoms with E-state index in [0.29, 0.717) is 0 Å². The van der Waals surface area contributed by atoms with E-state index in [-0.39, 0.29) is 17.2 Å². The Morgan fingerprint density at radius 2 is 1.95 bits per heavy atom. The standard InChI is InChI=1S/C12H8FN3O3/c13-7-4-5-8(14-6-7)11(17)16-10-3-1-2-9(15-10)12(18)19/h1-6H,(H,18,19)(H,15,16,17). The summed E-state index contributed by atoms with van der Waals surface area (Å²) in [6.45, 7) is 0. The van der Waals surface area contributed by atoms with Crippen molar-refractivity contribution in [1.29, 1.82) is 0 Å². The first-order chi connectivity index (χ1) is 9.06. The summed E-state index contributed by atoms with van der Waals surface area (Å²) in [5.41, 5.74) is -0.186. The van der Waals surface area contributed by atoms with Crippen molar-refractivity contribution in [2.24, 2.45) is 0 Å². The van der Waals surface area contributed by atoms with Crippen molar-refractivity contribution in [2.75, 3.05) is 5.32 Å². The molecule has 2 rings (SSSR count). The second kappa shape index (κ2) is 5.21. The van der Waals surface area contributed by atoms with Crippen molar-refractivity contribution in [3.8, 4) is 0 Å². The zero-order valence-electron chi connectivity index (χ0n) is 9.50. The molecule has 0 radical (unpaired) electrons. The fourth-order valence-electron chi connectivity index (χ4n) is 1.31. The molecular formula is C12H8FN3O3. The van der Waals surface area contributed by atoms with E-state index in [4.69, 9.17) is 5.11 Å². The molecule has 0 aromatic carbocycles. The minimum atomic E-state index is -1.20. The summed E-state index contributed by atoms with van der Waals surface area (Å²) in [5, 5.41) is 11.1. The Kier molecular flexibility index (Phi) is 3.46. The van der Waals surface area contributed by atoms with Crippen LogP contribution >= 0.6 is 0 Å². The van der Waals surface area contributed by atoms with Crippen molar-refractivity contribution >= 4 is 17.7 Å². The molecule has 0 bridgehead atoms. The van der Waals surface area contributed by atoms with Crippen molar-refractivity contribution in [2.45, 2.75) is 0 Å². The number of amides is 1. The van der Waals surface area contributed by atoms with Crippen molar-refractivity contribution in [3.63, 3.8) is 0 Å². The summed E-state index contributed by atoms with van der Waals surface area (Å²) >= 11 is 0. The van der Waals surface area contributed by atoms with Gasteiger partial charge in [0, 0.05) is 0 Å². The molecular weight excluding hydrogens is 253 g/mol. The third-order valence-corrected chi connectivity index (χ3v) is 2.17. The van der Waals surface area contributed by atoms with Gasteiger partial charge in [-0.25, -0.2) is 19.2 Å². The van der Waals surface area contributed by atoms with Gasteiger partial charge in [-0.15, -0.1) is 0 Å². The molecule has 2 aromatic heterocycles. The largest absolute Gasteiger partial charge is 0.477 e. The van der Waals surface area contributed by atoms with E-state index in [1.807, 2.05) is 0 Å². The molecule has 7 heteroatoms. The Morgan fingerprint density at radius 3 is 2.58 bits per heavy atom. The van der Waals surface area contributed by atoms with Gasteiger partial charge in [0.05, 0.1) is 6.20 Å². The molecule has 2 N–H and O–H groups in total. The van der Waals surface area contributed by atoms with Gasteiger partial charge in [-0.3, -0.25) is 4.79 Å². The molecule has 0 spiro atoms. The molecule has 6 nitrogen and oxygen atoms in total. The first kappa shape index (κ1) is 12.6. The molecule has 0 fully saturated rings. The van der Waals surface area contributed by atoms with E-state index >= 15 is 0 Å². The maximum Gasteiger partial charge on any atom is 0.354 e. The number of carboxylic acids is 1. The van der Waals surface area contributed by atoms with E-state index in [1.54, 1.807) is 0 Å². The number of carbonyl (C=O) groups excluding carboxylic acids is 1. The van der Waals surface area contributed by atoms with Crippen LogP contribution in [-0.2, 0) is 0 Å². The van der Waals surface area contributed by atoms with Crippen molar-refractivity contribution < 1.29 is 19.1 Å². The Hall–Kier alpha value is -2.83. The third-order valence-electron chi connectivity index (χ3n) is 2.17. The summed E-state index contributed by atoms with van der Waals surface area (Å²) in [7, 11) is 0. The Balaban J connectivity index is 2.17. The van der Waals surface area contributed by atoms with Crippen LogP contribution in [0, 0.1) is 5.82 Å². The summed E-state index contributed by atoms with van der Waals surface area (Å²) in [6, 6.07) is 6.50. The number of rotatable bonds is 3. The predicted octanol–water partition coefficient (Wildman–Crippen LogP) is 1.57. The smallest absolute Gasteiger partial charge is 0.354 e. The van der Waals surface area contributed by atoms with E-state index in [9.17, 15) is 14.0 Å². The number of nitrogens with one attached hydrogen (secondary N) is 1. The average molecular weight is 261 g/mol. The lowest BCUT2D eigenvalue weighted by Crippen LogP contribution is -2.15. The van der Waals surface area contributed by atoms with Gasteiger partial charge in [-0.05, 0) is 24.3 Å². The zero-order valence-corrected chi connectivity index (χ0v) is 9.50. The van der Waals surface area contributed by atoms with Gasteiger partial charge in [0.15, 0.2) is 5.69 Å². The first-order valence-corrected chi connectivity index (χ1v) is 5.19. The van der Waals surface area contributed by atoms with Crippen LogP contribution < -0.4 is 5.32 Å². The van der Waals surface area contributed by atoms with E-state index < -0.39 is 17.7 Å².